The number of H-pyrrole nitrogens is 1. The van der Waals surface area contributed by atoms with Crippen LogP contribution in [0, 0.1) is 6.92 Å². The number of amides is 1. The first kappa shape index (κ1) is 10.2. The Morgan fingerprint density at radius 1 is 1.64 bits per heavy atom. The molecule has 1 amide bonds. The summed E-state index contributed by atoms with van der Waals surface area (Å²) in [5.41, 5.74) is 7.09. The average molecular weight is 197 g/mol. The number of hydrogen-bond acceptors (Lipinski definition) is 5. The summed E-state index contributed by atoms with van der Waals surface area (Å²) in [5, 5.41) is 0. The maximum absolute atomic E-state index is 11.3. The van der Waals surface area contributed by atoms with Gasteiger partial charge >= 0.3 is 0 Å². The van der Waals surface area contributed by atoms with Crippen molar-refractivity contribution in [3.05, 3.63) is 21.7 Å². The highest BCUT2D eigenvalue weighted by atomic mass is 16.2. The minimum absolute atomic E-state index is 0.0508. The molecule has 0 bridgehead atoms. The van der Waals surface area contributed by atoms with Gasteiger partial charge in [0.25, 0.3) is 5.56 Å². The van der Waals surface area contributed by atoms with Crippen LogP contribution < -0.4 is 22.6 Å². The number of hydrazine groups is 1. The summed E-state index contributed by atoms with van der Waals surface area (Å²) < 4.78 is 0. The number of anilines is 1. The van der Waals surface area contributed by atoms with Gasteiger partial charge in [0, 0.05) is 0 Å². The van der Waals surface area contributed by atoms with Crippen LogP contribution in [0.2, 0.25) is 0 Å². The fraction of sp³-hybridized carbons (Fsp3) is 0.286. The minimum atomic E-state index is -0.493. The molecule has 0 unspecified atom stereocenters. The maximum Gasteiger partial charge on any atom is 0.256 e. The Morgan fingerprint density at radius 3 is 2.79 bits per heavy atom. The van der Waals surface area contributed by atoms with Crippen LogP contribution in [0.25, 0.3) is 0 Å². The van der Waals surface area contributed by atoms with Gasteiger partial charge < -0.3 is 10.7 Å². The number of nitrogens with one attached hydrogen (secondary N) is 2. The van der Waals surface area contributed by atoms with Gasteiger partial charge in [-0.25, -0.2) is 10.8 Å². The molecule has 1 aromatic rings. The molecular formula is C7H11N5O2. The van der Waals surface area contributed by atoms with Crippen LogP contribution >= 0.6 is 0 Å². The number of nitrogens with two attached hydrogens (primary N) is 2. The molecule has 7 heteroatoms. The standard InChI is InChI=1S/C7H11N5O2/c1-3-10-6(8)4(7(14)11-3)2-5(13)12-9/h2,9H2,1H3,(H,12,13)(H3,8,10,11,14). The highest BCUT2D eigenvalue weighted by Gasteiger charge is 2.11. The van der Waals surface area contributed by atoms with E-state index in [9.17, 15) is 9.59 Å². The van der Waals surface area contributed by atoms with Crippen molar-refractivity contribution in [2.45, 2.75) is 13.3 Å². The molecule has 0 radical (unpaired) electrons. The van der Waals surface area contributed by atoms with Crippen LogP contribution in [-0.2, 0) is 11.2 Å². The van der Waals surface area contributed by atoms with Crippen LogP contribution in [0.3, 0.4) is 0 Å². The van der Waals surface area contributed by atoms with Gasteiger partial charge in [0.15, 0.2) is 0 Å². The second kappa shape index (κ2) is 3.88. The summed E-state index contributed by atoms with van der Waals surface area (Å²) in [6.07, 6.45) is -0.176. The molecule has 0 atom stereocenters. The van der Waals surface area contributed by atoms with Gasteiger partial charge in [0.05, 0.1) is 12.0 Å². The number of aryl methyl sites for hydroxylation is 1. The monoisotopic (exact) mass is 197 g/mol. The van der Waals surface area contributed by atoms with Crippen molar-refractivity contribution in [3.8, 4) is 0 Å². The van der Waals surface area contributed by atoms with E-state index in [0.717, 1.165) is 0 Å². The van der Waals surface area contributed by atoms with E-state index in [0.29, 0.717) is 5.82 Å². The first-order valence-electron chi connectivity index (χ1n) is 3.89. The van der Waals surface area contributed by atoms with E-state index in [4.69, 9.17) is 11.6 Å². The van der Waals surface area contributed by atoms with Gasteiger partial charge in [-0.1, -0.05) is 0 Å². The van der Waals surface area contributed by atoms with Crippen molar-refractivity contribution in [2.24, 2.45) is 5.84 Å². The van der Waals surface area contributed by atoms with Crippen molar-refractivity contribution in [1.82, 2.24) is 15.4 Å². The molecule has 6 N–H and O–H groups in total. The van der Waals surface area contributed by atoms with Crippen LogP contribution in [0.4, 0.5) is 5.82 Å². The van der Waals surface area contributed by atoms with Crippen LogP contribution in [0.1, 0.15) is 11.4 Å². The molecule has 0 fully saturated rings. The number of nitrogens with zero attached hydrogens (tertiary/aromatic N) is 1. The van der Waals surface area contributed by atoms with E-state index < -0.39 is 11.5 Å². The quantitative estimate of drug-likeness (QED) is 0.252. The predicted octanol–water partition coefficient (Wildman–Crippen LogP) is -1.81. The molecule has 0 aliphatic heterocycles. The van der Waals surface area contributed by atoms with Gasteiger partial charge in [-0.3, -0.25) is 15.0 Å². The second-order valence-electron chi connectivity index (χ2n) is 2.76. The molecule has 1 heterocycles. The molecule has 0 spiro atoms. The highest BCUT2D eigenvalue weighted by molar-refractivity contribution is 5.78. The highest BCUT2D eigenvalue weighted by Crippen LogP contribution is 2.02. The number of nitrogen functional groups attached to an aromatic ring is 1. The molecule has 0 aliphatic carbocycles. The number of rotatable bonds is 2. The summed E-state index contributed by atoms with van der Waals surface area (Å²) >= 11 is 0. The second-order valence-corrected chi connectivity index (χ2v) is 2.76. The third kappa shape index (κ3) is 2.07. The number of hydrogen-bond donors (Lipinski definition) is 4. The molecule has 0 aromatic carbocycles. The lowest BCUT2D eigenvalue weighted by atomic mass is 10.2. The van der Waals surface area contributed by atoms with Crippen LogP contribution in [-0.4, -0.2) is 15.9 Å². The lowest BCUT2D eigenvalue weighted by Crippen LogP contribution is -2.33. The average Bonchev–Trinajstić information content (AvgIpc) is 2.10. The first-order chi connectivity index (χ1) is 6.54. The molecular weight excluding hydrogens is 186 g/mol. The summed E-state index contributed by atoms with van der Waals surface area (Å²) in [4.78, 5) is 28.5. The number of aromatic nitrogens is 2. The zero-order chi connectivity index (χ0) is 10.7. The van der Waals surface area contributed by atoms with E-state index in [2.05, 4.69) is 9.97 Å². The van der Waals surface area contributed by atoms with Crippen molar-refractivity contribution < 1.29 is 4.79 Å². The van der Waals surface area contributed by atoms with Crippen LogP contribution in [0.15, 0.2) is 4.79 Å². The molecule has 14 heavy (non-hydrogen) atoms. The third-order valence-corrected chi connectivity index (χ3v) is 1.66. The Kier molecular flexibility index (Phi) is 2.82. The van der Waals surface area contributed by atoms with Crippen molar-refractivity contribution in [3.63, 3.8) is 0 Å². The normalized spacial score (nSPS) is 9.86. The van der Waals surface area contributed by atoms with E-state index >= 15 is 0 Å². The Bertz CT molecular complexity index is 411. The molecule has 1 aromatic heterocycles. The third-order valence-electron chi connectivity index (χ3n) is 1.66. The topological polar surface area (TPSA) is 127 Å². The Balaban J connectivity index is 3.09. The molecule has 0 saturated carbocycles. The maximum atomic E-state index is 11.3. The number of aromatic amines is 1. The Morgan fingerprint density at radius 2 is 2.29 bits per heavy atom. The predicted molar refractivity (Wildman–Crippen MR) is 50.0 cm³/mol. The van der Waals surface area contributed by atoms with E-state index in [1.54, 1.807) is 6.92 Å². The molecule has 7 nitrogen and oxygen atoms in total. The lowest BCUT2D eigenvalue weighted by Gasteiger charge is -2.03. The van der Waals surface area contributed by atoms with Gasteiger partial charge in [0.1, 0.15) is 11.6 Å². The minimum Gasteiger partial charge on any atom is -0.383 e. The van der Waals surface area contributed by atoms with Crippen molar-refractivity contribution in [2.75, 3.05) is 5.73 Å². The SMILES string of the molecule is Cc1nc(N)c(CC(=O)NN)c(=O)[nH]1. The summed E-state index contributed by atoms with van der Waals surface area (Å²) in [5.74, 6) is 4.84. The Hall–Kier alpha value is -1.89. The number of carbonyl (C=O) groups excluding carboxylic acids is 1. The lowest BCUT2D eigenvalue weighted by molar-refractivity contribution is -0.120. The van der Waals surface area contributed by atoms with Gasteiger partial charge in [-0.05, 0) is 6.92 Å². The Labute approximate surface area is 79.5 Å². The fourth-order valence-corrected chi connectivity index (χ4v) is 1.01. The molecule has 76 valence electrons. The van der Waals surface area contributed by atoms with E-state index in [1.165, 1.54) is 0 Å². The zero-order valence-electron chi connectivity index (χ0n) is 7.63. The molecule has 1 rings (SSSR count). The summed E-state index contributed by atoms with van der Waals surface area (Å²) in [7, 11) is 0. The van der Waals surface area contributed by atoms with Crippen molar-refractivity contribution in [1.29, 1.82) is 0 Å². The van der Waals surface area contributed by atoms with Crippen LogP contribution in [0.5, 0.6) is 0 Å². The largest absolute Gasteiger partial charge is 0.383 e. The first-order valence-corrected chi connectivity index (χ1v) is 3.89. The summed E-state index contributed by atoms with van der Waals surface area (Å²) in [6.45, 7) is 1.60. The van der Waals surface area contributed by atoms with Gasteiger partial charge in [-0.2, -0.15) is 0 Å². The van der Waals surface area contributed by atoms with Gasteiger partial charge in [0.2, 0.25) is 5.91 Å². The van der Waals surface area contributed by atoms with E-state index in [1.807, 2.05) is 5.43 Å². The fourth-order valence-electron chi connectivity index (χ4n) is 1.01. The van der Waals surface area contributed by atoms with Gasteiger partial charge in [-0.15, -0.1) is 0 Å². The molecule has 0 saturated heterocycles. The van der Waals surface area contributed by atoms with Crippen molar-refractivity contribution >= 4 is 11.7 Å². The zero-order valence-corrected chi connectivity index (χ0v) is 7.63. The number of carbonyl (C=O) groups is 1. The smallest absolute Gasteiger partial charge is 0.256 e. The molecule has 0 aliphatic rings. The summed E-state index contributed by atoms with van der Waals surface area (Å²) in [6, 6.07) is 0. The van der Waals surface area contributed by atoms with E-state index in [-0.39, 0.29) is 17.8 Å².